The van der Waals surface area contributed by atoms with E-state index in [0.717, 1.165) is 6.61 Å². The second kappa shape index (κ2) is 6.75. The SMILES string of the molecule is CCCNCC1(CCCC2CCCO2)CCC1. The highest BCUT2D eigenvalue weighted by Gasteiger charge is 2.35. The van der Waals surface area contributed by atoms with Gasteiger partial charge in [0.2, 0.25) is 0 Å². The Hall–Kier alpha value is -0.0800. The zero-order valence-electron chi connectivity index (χ0n) is 11.5. The predicted molar refractivity (Wildman–Crippen MR) is 72.3 cm³/mol. The normalized spacial score (nSPS) is 27.0. The van der Waals surface area contributed by atoms with Gasteiger partial charge in [-0.05, 0) is 56.9 Å². The zero-order valence-corrected chi connectivity index (χ0v) is 11.5. The van der Waals surface area contributed by atoms with Gasteiger partial charge in [-0.15, -0.1) is 0 Å². The van der Waals surface area contributed by atoms with Crippen molar-refractivity contribution >= 4 is 0 Å². The summed E-state index contributed by atoms with van der Waals surface area (Å²) in [4.78, 5) is 0. The van der Waals surface area contributed by atoms with Crippen LogP contribution in [0.1, 0.15) is 64.7 Å². The number of hydrogen-bond donors (Lipinski definition) is 1. The summed E-state index contributed by atoms with van der Waals surface area (Å²) in [6.45, 7) is 5.70. The molecule has 2 aliphatic rings. The number of ether oxygens (including phenoxy) is 1. The Bertz CT molecular complexity index is 207. The molecule has 1 unspecified atom stereocenters. The van der Waals surface area contributed by atoms with Crippen LogP contribution in [0.4, 0.5) is 0 Å². The van der Waals surface area contributed by atoms with E-state index in [-0.39, 0.29) is 0 Å². The molecule has 1 N–H and O–H groups in total. The van der Waals surface area contributed by atoms with E-state index in [2.05, 4.69) is 12.2 Å². The van der Waals surface area contributed by atoms with Crippen molar-refractivity contribution in [3.63, 3.8) is 0 Å². The van der Waals surface area contributed by atoms with Crippen LogP contribution < -0.4 is 5.32 Å². The molecule has 1 saturated carbocycles. The van der Waals surface area contributed by atoms with Crippen molar-refractivity contribution in [2.24, 2.45) is 5.41 Å². The van der Waals surface area contributed by atoms with Crippen LogP contribution in [0, 0.1) is 5.41 Å². The van der Waals surface area contributed by atoms with Crippen molar-refractivity contribution in [2.75, 3.05) is 19.7 Å². The molecule has 1 aliphatic carbocycles. The van der Waals surface area contributed by atoms with Crippen LogP contribution in [0.25, 0.3) is 0 Å². The van der Waals surface area contributed by atoms with Crippen LogP contribution in [0.5, 0.6) is 0 Å². The van der Waals surface area contributed by atoms with Gasteiger partial charge in [-0.2, -0.15) is 0 Å². The second-order valence-electron chi connectivity index (χ2n) is 6.06. The highest BCUT2D eigenvalue weighted by atomic mass is 16.5. The third kappa shape index (κ3) is 3.96. The average Bonchev–Trinajstić information content (AvgIpc) is 2.78. The fourth-order valence-electron chi connectivity index (χ4n) is 3.30. The Kier molecular flexibility index (Phi) is 5.30. The van der Waals surface area contributed by atoms with E-state index in [1.54, 1.807) is 0 Å². The summed E-state index contributed by atoms with van der Waals surface area (Å²) in [6, 6.07) is 0. The maximum Gasteiger partial charge on any atom is 0.0576 e. The summed E-state index contributed by atoms with van der Waals surface area (Å²) in [7, 11) is 0. The monoisotopic (exact) mass is 239 g/mol. The van der Waals surface area contributed by atoms with Gasteiger partial charge in [0.05, 0.1) is 6.10 Å². The minimum absolute atomic E-state index is 0.593. The van der Waals surface area contributed by atoms with Crippen molar-refractivity contribution in [2.45, 2.75) is 70.8 Å². The van der Waals surface area contributed by atoms with Gasteiger partial charge >= 0.3 is 0 Å². The maximum absolute atomic E-state index is 5.70. The van der Waals surface area contributed by atoms with E-state index in [4.69, 9.17) is 4.74 Å². The highest BCUT2D eigenvalue weighted by molar-refractivity contribution is 4.89. The number of nitrogens with one attached hydrogen (secondary N) is 1. The Morgan fingerprint density at radius 2 is 2.18 bits per heavy atom. The highest BCUT2D eigenvalue weighted by Crippen LogP contribution is 2.44. The Labute approximate surface area is 107 Å². The smallest absolute Gasteiger partial charge is 0.0576 e. The van der Waals surface area contributed by atoms with Gasteiger partial charge in [-0.25, -0.2) is 0 Å². The van der Waals surface area contributed by atoms with E-state index in [1.807, 2.05) is 0 Å². The van der Waals surface area contributed by atoms with Crippen molar-refractivity contribution in [3.8, 4) is 0 Å². The molecular formula is C15H29NO. The molecule has 2 nitrogen and oxygen atoms in total. The Balaban J connectivity index is 1.60. The van der Waals surface area contributed by atoms with E-state index < -0.39 is 0 Å². The summed E-state index contributed by atoms with van der Waals surface area (Å²) in [5.41, 5.74) is 0.660. The van der Waals surface area contributed by atoms with Gasteiger partial charge in [0.1, 0.15) is 0 Å². The van der Waals surface area contributed by atoms with Crippen molar-refractivity contribution < 1.29 is 4.74 Å². The summed E-state index contributed by atoms with van der Waals surface area (Å²) in [5.74, 6) is 0. The average molecular weight is 239 g/mol. The molecule has 0 aromatic carbocycles. The summed E-state index contributed by atoms with van der Waals surface area (Å²) >= 11 is 0. The standard InChI is InChI=1S/C15H29NO/c1-2-11-16-13-15(9-5-10-15)8-3-6-14-7-4-12-17-14/h14,16H,2-13H2,1H3. The largest absolute Gasteiger partial charge is 0.378 e. The lowest BCUT2D eigenvalue weighted by molar-refractivity contribution is 0.0804. The molecule has 0 aromatic rings. The lowest BCUT2D eigenvalue weighted by Gasteiger charge is -2.42. The molecule has 0 bridgehead atoms. The molecule has 2 heteroatoms. The lowest BCUT2D eigenvalue weighted by atomic mass is 9.65. The summed E-state index contributed by atoms with van der Waals surface area (Å²) < 4.78 is 5.70. The molecule has 0 radical (unpaired) electrons. The zero-order chi connectivity index (χ0) is 12.0. The van der Waals surface area contributed by atoms with Gasteiger partial charge in [-0.1, -0.05) is 19.8 Å². The summed E-state index contributed by atoms with van der Waals surface area (Å²) in [6.07, 6.45) is 12.9. The molecule has 100 valence electrons. The van der Waals surface area contributed by atoms with E-state index in [0.29, 0.717) is 11.5 Å². The van der Waals surface area contributed by atoms with E-state index >= 15 is 0 Å². The molecule has 1 aliphatic heterocycles. The molecule has 1 atom stereocenters. The molecule has 0 amide bonds. The maximum atomic E-state index is 5.70. The molecule has 2 rings (SSSR count). The first kappa shape index (κ1) is 13.4. The van der Waals surface area contributed by atoms with Crippen LogP contribution >= 0.6 is 0 Å². The van der Waals surface area contributed by atoms with Crippen LogP contribution in [-0.4, -0.2) is 25.8 Å². The summed E-state index contributed by atoms with van der Waals surface area (Å²) in [5, 5.41) is 3.63. The van der Waals surface area contributed by atoms with Crippen LogP contribution in [0.15, 0.2) is 0 Å². The van der Waals surface area contributed by atoms with Crippen molar-refractivity contribution in [1.29, 1.82) is 0 Å². The first-order chi connectivity index (χ1) is 8.35. The quantitative estimate of drug-likeness (QED) is 0.655. The van der Waals surface area contributed by atoms with Gasteiger partial charge in [-0.3, -0.25) is 0 Å². The number of hydrogen-bond acceptors (Lipinski definition) is 2. The third-order valence-electron chi connectivity index (χ3n) is 4.60. The molecule has 2 fully saturated rings. The van der Waals surface area contributed by atoms with E-state index in [1.165, 1.54) is 70.9 Å². The predicted octanol–water partition coefficient (Wildman–Crippen LogP) is 3.51. The molecule has 0 spiro atoms. The Morgan fingerprint density at radius 3 is 2.76 bits per heavy atom. The minimum Gasteiger partial charge on any atom is -0.378 e. The van der Waals surface area contributed by atoms with Crippen LogP contribution in [0.3, 0.4) is 0 Å². The van der Waals surface area contributed by atoms with Crippen LogP contribution in [-0.2, 0) is 4.74 Å². The fraction of sp³-hybridized carbons (Fsp3) is 1.00. The third-order valence-corrected chi connectivity index (χ3v) is 4.60. The first-order valence-corrected chi connectivity index (χ1v) is 7.67. The molecule has 1 saturated heterocycles. The van der Waals surface area contributed by atoms with Gasteiger partial charge in [0.25, 0.3) is 0 Å². The number of rotatable bonds is 8. The first-order valence-electron chi connectivity index (χ1n) is 7.67. The molecule has 1 heterocycles. The topological polar surface area (TPSA) is 21.3 Å². The molecule has 0 aromatic heterocycles. The second-order valence-corrected chi connectivity index (χ2v) is 6.06. The minimum atomic E-state index is 0.593. The Morgan fingerprint density at radius 1 is 1.29 bits per heavy atom. The van der Waals surface area contributed by atoms with Gasteiger partial charge in [0, 0.05) is 13.2 Å². The lowest BCUT2D eigenvalue weighted by Crippen LogP contribution is -2.40. The fourth-order valence-corrected chi connectivity index (χ4v) is 3.30. The molecule has 17 heavy (non-hydrogen) atoms. The van der Waals surface area contributed by atoms with Crippen molar-refractivity contribution in [3.05, 3.63) is 0 Å². The van der Waals surface area contributed by atoms with Gasteiger partial charge < -0.3 is 10.1 Å². The van der Waals surface area contributed by atoms with Crippen LogP contribution in [0.2, 0.25) is 0 Å². The molecular weight excluding hydrogens is 210 g/mol. The van der Waals surface area contributed by atoms with Gasteiger partial charge in [0.15, 0.2) is 0 Å². The van der Waals surface area contributed by atoms with E-state index in [9.17, 15) is 0 Å². The van der Waals surface area contributed by atoms with Crippen molar-refractivity contribution in [1.82, 2.24) is 5.32 Å².